The van der Waals surface area contributed by atoms with Crippen molar-refractivity contribution < 1.29 is 28.6 Å². The van der Waals surface area contributed by atoms with E-state index >= 15 is 0 Å². The summed E-state index contributed by atoms with van der Waals surface area (Å²) in [6.45, 7) is 0.211. The first kappa shape index (κ1) is 19.2. The van der Waals surface area contributed by atoms with Crippen molar-refractivity contribution in [1.82, 2.24) is 4.90 Å². The minimum absolute atomic E-state index is 0.0551. The molecule has 1 aromatic carbocycles. The summed E-state index contributed by atoms with van der Waals surface area (Å²) in [5.41, 5.74) is 0.170. The first-order chi connectivity index (χ1) is 11.9. The Kier molecular flexibility index (Phi) is 6.38. The Hall–Kier alpha value is -2.13. The van der Waals surface area contributed by atoms with E-state index in [-0.39, 0.29) is 35.1 Å². The maximum Gasteiger partial charge on any atom is 0.303 e. The molecule has 0 aliphatic carbocycles. The number of thioether (sulfide) groups is 1. The van der Waals surface area contributed by atoms with Crippen LogP contribution in [0.3, 0.4) is 0 Å². The number of benzene rings is 1. The Bertz CT molecular complexity index is 750. The summed E-state index contributed by atoms with van der Waals surface area (Å²) < 4.78 is 24.7. The van der Waals surface area contributed by atoms with Gasteiger partial charge in [-0.15, -0.1) is 0 Å². The number of hydrogen-bond donors (Lipinski definition) is 1. The zero-order chi connectivity index (χ0) is 18.6. The Labute approximate surface area is 153 Å². The number of amides is 1. The molecular formula is C16H16FNO5S2. The molecule has 1 aliphatic rings. The van der Waals surface area contributed by atoms with Crippen molar-refractivity contribution in [1.29, 1.82) is 0 Å². The highest BCUT2D eigenvalue weighted by molar-refractivity contribution is 8.26. The van der Waals surface area contributed by atoms with Gasteiger partial charge in [-0.25, -0.2) is 4.39 Å². The molecule has 0 spiro atoms. The summed E-state index contributed by atoms with van der Waals surface area (Å²) in [5.74, 6) is -1.28. The van der Waals surface area contributed by atoms with Crippen LogP contribution in [-0.2, 0) is 9.59 Å². The lowest BCUT2D eigenvalue weighted by Gasteiger charge is -2.13. The molecule has 1 aromatic rings. The molecular weight excluding hydrogens is 369 g/mol. The number of carboxylic acid groups (broad SMARTS) is 1. The van der Waals surface area contributed by atoms with E-state index in [0.717, 1.165) is 11.8 Å². The van der Waals surface area contributed by atoms with Crippen LogP contribution in [0.15, 0.2) is 17.0 Å². The van der Waals surface area contributed by atoms with Crippen molar-refractivity contribution >= 4 is 46.3 Å². The second kappa shape index (κ2) is 8.30. The van der Waals surface area contributed by atoms with Gasteiger partial charge in [-0.05, 0) is 18.6 Å². The molecule has 0 atom stereocenters. The molecule has 0 saturated carbocycles. The van der Waals surface area contributed by atoms with Crippen LogP contribution in [0, 0.1) is 5.82 Å². The molecule has 1 saturated heterocycles. The van der Waals surface area contributed by atoms with Crippen LogP contribution in [0.4, 0.5) is 4.39 Å². The fourth-order valence-electron chi connectivity index (χ4n) is 2.20. The smallest absolute Gasteiger partial charge is 0.303 e. The summed E-state index contributed by atoms with van der Waals surface area (Å²) in [6.07, 6.45) is 1.63. The van der Waals surface area contributed by atoms with Gasteiger partial charge in [0.1, 0.15) is 10.1 Å². The number of carbonyl (C=O) groups is 2. The number of hydrogen-bond acceptors (Lipinski definition) is 6. The average Bonchev–Trinajstić information content (AvgIpc) is 2.83. The molecule has 1 amide bonds. The molecule has 1 fully saturated rings. The van der Waals surface area contributed by atoms with Crippen LogP contribution in [-0.4, -0.2) is 47.0 Å². The number of carbonyl (C=O) groups excluding carboxylic acids is 1. The summed E-state index contributed by atoms with van der Waals surface area (Å²) in [4.78, 5) is 24.6. The van der Waals surface area contributed by atoms with E-state index in [9.17, 15) is 14.0 Å². The van der Waals surface area contributed by atoms with Gasteiger partial charge in [0, 0.05) is 24.6 Å². The second-order valence-electron chi connectivity index (χ2n) is 5.06. The highest BCUT2D eigenvalue weighted by atomic mass is 32.2. The quantitative estimate of drug-likeness (QED) is 0.571. The number of carboxylic acids is 1. The fraction of sp³-hybridized carbons (Fsp3) is 0.312. The van der Waals surface area contributed by atoms with E-state index in [1.807, 2.05) is 0 Å². The Morgan fingerprint density at radius 1 is 1.36 bits per heavy atom. The van der Waals surface area contributed by atoms with E-state index < -0.39 is 11.8 Å². The number of rotatable bonds is 7. The molecule has 6 nitrogen and oxygen atoms in total. The standard InChI is InChI=1S/C16H16FNO5S2/c1-22-11-6-9(10(17)8-12(11)23-2)7-13-15(21)18(16(24)25-13)5-3-4-14(19)20/h6-8H,3-5H2,1-2H3,(H,19,20). The first-order valence-electron chi connectivity index (χ1n) is 7.26. The van der Waals surface area contributed by atoms with Crippen molar-refractivity contribution in [2.24, 2.45) is 0 Å². The minimum atomic E-state index is -0.937. The van der Waals surface area contributed by atoms with Gasteiger partial charge in [-0.3, -0.25) is 14.5 Å². The van der Waals surface area contributed by atoms with Gasteiger partial charge in [0.15, 0.2) is 11.5 Å². The maximum absolute atomic E-state index is 14.2. The lowest BCUT2D eigenvalue weighted by molar-refractivity contribution is -0.137. The van der Waals surface area contributed by atoms with Crippen LogP contribution < -0.4 is 9.47 Å². The number of aliphatic carboxylic acids is 1. The molecule has 0 radical (unpaired) electrons. The predicted molar refractivity (Wildman–Crippen MR) is 96.3 cm³/mol. The van der Waals surface area contributed by atoms with Crippen molar-refractivity contribution in [3.05, 3.63) is 28.4 Å². The number of nitrogens with zero attached hydrogens (tertiary/aromatic N) is 1. The van der Waals surface area contributed by atoms with Gasteiger partial charge < -0.3 is 14.6 Å². The van der Waals surface area contributed by atoms with Crippen LogP contribution in [0.2, 0.25) is 0 Å². The van der Waals surface area contributed by atoms with E-state index in [0.29, 0.717) is 16.5 Å². The number of ether oxygens (including phenoxy) is 2. The molecule has 0 unspecified atom stereocenters. The number of halogens is 1. The maximum atomic E-state index is 14.2. The van der Waals surface area contributed by atoms with Crippen molar-refractivity contribution in [2.45, 2.75) is 12.8 Å². The summed E-state index contributed by atoms with van der Waals surface area (Å²) in [6, 6.07) is 2.61. The predicted octanol–water partition coefficient (Wildman–Crippen LogP) is 2.91. The number of thiocarbonyl (C=S) groups is 1. The molecule has 2 rings (SSSR count). The van der Waals surface area contributed by atoms with Crippen LogP contribution in [0.5, 0.6) is 11.5 Å². The fourth-order valence-corrected chi connectivity index (χ4v) is 3.50. The lowest BCUT2D eigenvalue weighted by Crippen LogP contribution is -2.29. The van der Waals surface area contributed by atoms with Gasteiger partial charge in [0.05, 0.1) is 19.1 Å². The van der Waals surface area contributed by atoms with Gasteiger partial charge in [-0.1, -0.05) is 24.0 Å². The van der Waals surface area contributed by atoms with E-state index in [1.165, 1.54) is 37.3 Å². The normalized spacial score (nSPS) is 15.8. The molecule has 1 aliphatic heterocycles. The highest BCUT2D eigenvalue weighted by Gasteiger charge is 2.32. The summed E-state index contributed by atoms with van der Waals surface area (Å²) in [7, 11) is 2.83. The first-order valence-corrected chi connectivity index (χ1v) is 8.48. The van der Waals surface area contributed by atoms with E-state index in [1.54, 1.807) is 0 Å². The highest BCUT2D eigenvalue weighted by Crippen LogP contribution is 2.35. The molecule has 1 heterocycles. The van der Waals surface area contributed by atoms with Gasteiger partial charge in [0.2, 0.25) is 0 Å². The van der Waals surface area contributed by atoms with E-state index in [2.05, 4.69) is 0 Å². The summed E-state index contributed by atoms with van der Waals surface area (Å²) in [5, 5.41) is 8.67. The molecule has 134 valence electrons. The Morgan fingerprint density at radius 2 is 2.00 bits per heavy atom. The minimum Gasteiger partial charge on any atom is -0.493 e. The van der Waals surface area contributed by atoms with Crippen LogP contribution >= 0.6 is 24.0 Å². The van der Waals surface area contributed by atoms with Crippen molar-refractivity contribution in [3.8, 4) is 11.5 Å². The van der Waals surface area contributed by atoms with Gasteiger partial charge in [-0.2, -0.15) is 0 Å². The lowest BCUT2D eigenvalue weighted by atomic mass is 10.1. The Morgan fingerprint density at radius 3 is 2.60 bits per heavy atom. The third kappa shape index (κ3) is 4.49. The third-order valence-electron chi connectivity index (χ3n) is 3.44. The number of methoxy groups -OCH3 is 2. The van der Waals surface area contributed by atoms with E-state index in [4.69, 9.17) is 26.8 Å². The SMILES string of the molecule is COc1cc(F)c(C=C2SC(=S)N(CCCC(=O)O)C2=O)cc1OC. The van der Waals surface area contributed by atoms with Gasteiger partial charge in [0.25, 0.3) is 5.91 Å². The topological polar surface area (TPSA) is 76.1 Å². The molecule has 25 heavy (non-hydrogen) atoms. The van der Waals surface area contributed by atoms with Crippen molar-refractivity contribution in [3.63, 3.8) is 0 Å². The van der Waals surface area contributed by atoms with Crippen LogP contribution in [0.25, 0.3) is 6.08 Å². The molecule has 0 aromatic heterocycles. The average molecular weight is 385 g/mol. The largest absolute Gasteiger partial charge is 0.493 e. The van der Waals surface area contributed by atoms with Crippen LogP contribution in [0.1, 0.15) is 18.4 Å². The zero-order valence-corrected chi connectivity index (χ0v) is 15.2. The Balaban J connectivity index is 2.23. The molecule has 9 heteroatoms. The van der Waals surface area contributed by atoms with Gasteiger partial charge >= 0.3 is 5.97 Å². The van der Waals surface area contributed by atoms with Crippen molar-refractivity contribution in [2.75, 3.05) is 20.8 Å². The monoisotopic (exact) mass is 385 g/mol. The third-order valence-corrected chi connectivity index (χ3v) is 4.81. The summed E-state index contributed by atoms with van der Waals surface area (Å²) >= 11 is 6.20. The second-order valence-corrected chi connectivity index (χ2v) is 6.74. The molecule has 0 bridgehead atoms. The zero-order valence-electron chi connectivity index (χ0n) is 13.6. The molecule has 1 N–H and O–H groups in total.